The van der Waals surface area contributed by atoms with Crippen LogP contribution in [0, 0.1) is 0 Å². The quantitative estimate of drug-likeness (QED) is 0.843. The molecule has 2 rings (SSSR count). The number of aromatic nitrogens is 2. The van der Waals surface area contributed by atoms with E-state index in [1.807, 2.05) is 6.07 Å². The van der Waals surface area contributed by atoms with Gasteiger partial charge >= 0.3 is 0 Å². The third-order valence-corrected chi connectivity index (χ3v) is 4.41. The molecule has 1 heterocycles. The lowest BCUT2D eigenvalue weighted by Crippen LogP contribution is -1.98. The molecular weight excluding hydrogens is 250 g/mol. The van der Waals surface area contributed by atoms with Crippen LogP contribution in [0.4, 0.5) is 5.13 Å². The minimum absolute atomic E-state index is 0.530. The zero-order chi connectivity index (χ0) is 12.1. The average Bonchev–Trinajstić information content (AvgIpc) is 2.73. The largest absolute Gasteiger partial charge is 0.374 e. The maximum Gasteiger partial charge on any atom is 0.203 e. The number of aryl methyl sites for hydroxylation is 1. The first-order chi connectivity index (χ1) is 8.24. The fourth-order valence-electron chi connectivity index (χ4n) is 1.51. The van der Waals surface area contributed by atoms with Crippen molar-refractivity contribution >= 4 is 28.2 Å². The topological polar surface area (TPSA) is 51.8 Å². The van der Waals surface area contributed by atoms with Gasteiger partial charge in [-0.15, -0.1) is 10.2 Å². The highest BCUT2D eigenvalue weighted by molar-refractivity contribution is 8.01. The molecule has 17 heavy (non-hydrogen) atoms. The van der Waals surface area contributed by atoms with E-state index in [-0.39, 0.29) is 0 Å². The normalized spacial score (nSPS) is 12.5. The van der Waals surface area contributed by atoms with Gasteiger partial charge in [0, 0.05) is 5.25 Å². The van der Waals surface area contributed by atoms with Crippen molar-refractivity contribution in [3.8, 4) is 0 Å². The fraction of sp³-hybridized carbons (Fsp3) is 0.333. The number of benzene rings is 1. The maximum atomic E-state index is 5.55. The van der Waals surface area contributed by atoms with Gasteiger partial charge in [0.2, 0.25) is 5.13 Å². The van der Waals surface area contributed by atoms with Crippen molar-refractivity contribution in [3.05, 3.63) is 35.9 Å². The number of rotatable bonds is 5. The molecule has 2 aromatic rings. The highest BCUT2D eigenvalue weighted by atomic mass is 32.2. The van der Waals surface area contributed by atoms with Gasteiger partial charge in [0.1, 0.15) is 0 Å². The minimum Gasteiger partial charge on any atom is -0.374 e. The van der Waals surface area contributed by atoms with Gasteiger partial charge in [-0.2, -0.15) is 0 Å². The van der Waals surface area contributed by atoms with Crippen LogP contribution in [0.3, 0.4) is 0 Å². The Morgan fingerprint density at radius 1 is 1.29 bits per heavy atom. The fourth-order valence-corrected chi connectivity index (χ4v) is 3.47. The molecule has 0 saturated carbocycles. The molecule has 0 amide bonds. The zero-order valence-electron chi connectivity index (χ0n) is 9.67. The van der Waals surface area contributed by atoms with Crippen LogP contribution in [0.15, 0.2) is 34.7 Å². The monoisotopic (exact) mass is 265 g/mol. The number of hydrogen-bond acceptors (Lipinski definition) is 5. The lowest BCUT2D eigenvalue weighted by Gasteiger charge is -2.08. The van der Waals surface area contributed by atoms with E-state index in [9.17, 15) is 0 Å². The van der Waals surface area contributed by atoms with Crippen LogP contribution in [-0.4, -0.2) is 15.4 Å². The first-order valence-corrected chi connectivity index (χ1v) is 7.23. The van der Waals surface area contributed by atoms with Crippen molar-refractivity contribution in [3.63, 3.8) is 0 Å². The van der Waals surface area contributed by atoms with E-state index in [2.05, 4.69) is 41.4 Å². The van der Waals surface area contributed by atoms with Crippen LogP contribution in [0.2, 0.25) is 0 Å². The number of nitrogens with two attached hydrogens (primary N) is 1. The Bertz CT molecular complexity index is 456. The standard InChI is InChI=1S/C12H15N3S2/c1-9(16-12-15-14-11(13)17-12)7-8-10-5-3-2-4-6-10/h2-6,9H,7-8H2,1H3,(H2,13,14)/t9-/m1/s1. The molecule has 3 nitrogen and oxygen atoms in total. The number of nitrogens with zero attached hydrogens (tertiary/aromatic N) is 2. The summed E-state index contributed by atoms with van der Waals surface area (Å²) in [7, 11) is 0. The molecule has 1 aromatic heterocycles. The first-order valence-electron chi connectivity index (χ1n) is 5.53. The molecule has 0 radical (unpaired) electrons. The van der Waals surface area contributed by atoms with Gasteiger partial charge in [-0.1, -0.05) is 60.4 Å². The van der Waals surface area contributed by atoms with Gasteiger partial charge in [0.15, 0.2) is 4.34 Å². The molecule has 0 fully saturated rings. The summed E-state index contributed by atoms with van der Waals surface area (Å²) < 4.78 is 0.961. The second kappa shape index (κ2) is 6.02. The predicted molar refractivity (Wildman–Crippen MR) is 74.4 cm³/mol. The number of thioether (sulfide) groups is 1. The lowest BCUT2D eigenvalue weighted by atomic mass is 10.1. The highest BCUT2D eigenvalue weighted by Crippen LogP contribution is 2.29. The molecule has 0 aliphatic rings. The first kappa shape index (κ1) is 12.4. The van der Waals surface area contributed by atoms with E-state index in [4.69, 9.17) is 5.73 Å². The van der Waals surface area contributed by atoms with Gasteiger partial charge in [-0.3, -0.25) is 0 Å². The molecule has 0 unspecified atom stereocenters. The number of nitrogen functional groups attached to an aromatic ring is 1. The Morgan fingerprint density at radius 2 is 2.06 bits per heavy atom. The molecule has 0 spiro atoms. The SMILES string of the molecule is C[C@H](CCc1ccccc1)Sc1nnc(N)s1. The van der Waals surface area contributed by atoms with Crippen LogP contribution >= 0.6 is 23.1 Å². The summed E-state index contributed by atoms with van der Waals surface area (Å²) >= 11 is 3.20. The summed E-state index contributed by atoms with van der Waals surface area (Å²) in [6.45, 7) is 2.21. The van der Waals surface area contributed by atoms with Crippen molar-refractivity contribution in [1.29, 1.82) is 0 Å². The van der Waals surface area contributed by atoms with Crippen molar-refractivity contribution in [2.75, 3.05) is 5.73 Å². The van der Waals surface area contributed by atoms with E-state index in [1.165, 1.54) is 16.9 Å². The van der Waals surface area contributed by atoms with E-state index in [0.717, 1.165) is 17.2 Å². The second-order valence-corrected chi connectivity index (χ2v) is 6.55. The van der Waals surface area contributed by atoms with Gasteiger partial charge in [0.25, 0.3) is 0 Å². The third-order valence-electron chi connectivity index (χ3n) is 2.41. The Hall–Kier alpha value is -1.07. The number of anilines is 1. The Morgan fingerprint density at radius 3 is 2.71 bits per heavy atom. The molecule has 0 aliphatic carbocycles. The minimum atomic E-state index is 0.530. The van der Waals surface area contributed by atoms with E-state index < -0.39 is 0 Å². The van der Waals surface area contributed by atoms with E-state index >= 15 is 0 Å². The van der Waals surface area contributed by atoms with Crippen LogP contribution in [0.1, 0.15) is 18.9 Å². The van der Waals surface area contributed by atoms with Crippen molar-refractivity contribution in [2.24, 2.45) is 0 Å². The summed E-state index contributed by atoms with van der Waals surface area (Å²) in [5, 5.41) is 8.91. The van der Waals surface area contributed by atoms with Crippen LogP contribution in [-0.2, 0) is 6.42 Å². The molecule has 1 atom stereocenters. The van der Waals surface area contributed by atoms with Gasteiger partial charge in [-0.05, 0) is 18.4 Å². The van der Waals surface area contributed by atoms with E-state index in [1.54, 1.807) is 11.8 Å². The van der Waals surface area contributed by atoms with Crippen molar-refractivity contribution in [1.82, 2.24) is 10.2 Å². The van der Waals surface area contributed by atoms with Crippen LogP contribution in [0.25, 0.3) is 0 Å². The molecule has 0 saturated heterocycles. The highest BCUT2D eigenvalue weighted by Gasteiger charge is 2.08. The third kappa shape index (κ3) is 4.02. The van der Waals surface area contributed by atoms with Crippen LogP contribution in [0.5, 0.6) is 0 Å². The zero-order valence-corrected chi connectivity index (χ0v) is 11.3. The lowest BCUT2D eigenvalue weighted by molar-refractivity contribution is 0.809. The Labute approximate surface area is 109 Å². The molecule has 90 valence electrons. The van der Waals surface area contributed by atoms with Crippen LogP contribution < -0.4 is 5.73 Å². The van der Waals surface area contributed by atoms with E-state index in [0.29, 0.717) is 10.4 Å². The smallest absolute Gasteiger partial charge is 0.203 e. The molecule has 0 aliphatic heterocycles. The Kier molecular flexibility index (Phi) is 4.39. The van der Waals surface area contributed by atoms with Gasteiger partial charge in [0.05, 0.1) is 0 Å². The number of hydrogen-bond donors (Lipinski definition) is 1. The Balaban J connectivity index is 1.80. The predicted octanol–water partition coefficient (Wildman–Crippen LogP) is 3.23. The van der Waals surface area contributed by atoms with Gasteiger partial charge < -0.3 is 5.73 Å². The molecule has 5 heteroatoms. The van der Waals surface area contributed by atoms with Gasteiger partial charge in [-0.25, -0.2) is 0 Å². The molecule has 1 aromatic carbocycles. The maximum absolute atomic E-state index is 5.55. The second-order valence-electron chi connectivity index (χ2n) is 3.86. The average molecular weight is 265 g/mol. The van der Waals surface area contributed by atoms with Crippen molar-refractivity contribution in [2.45, 2.75) is 29.4 Å². The van der Waals surface area contributed by atoms with Crippen molar-refractivity contribution < 1.29 is 0 Å². The summed E-state index contributed by atoms with van der Waals surface area (Å²) in [6, 6.07) is 10.5. The summed E-state index contributed by atoms with van der Waals surface area (Å²) in [5.74, 6) is 0. The molecule has 0 bridgehead atoms. The summed E-state index contributed by atoms with van der Waals surface area (Å²) in [5.41, 5.74) is 6.94. The summed E-state index contributed by atoms with van der Waals surface area (Å²) in [6.07, 6.45) is 2.23. The molecular formula is C12H15N3S2. The summed E-state index contributed by atoms with van der Waals surface area (Å²) in [4.78, 5) is 0. The molecule has 2 N–H and O–H groups in total.